The Kier molecular flexibility index (Phi) is 18.2. The standard InChI is InChI=1S/C21H23N5.C20H21N5.C19H19N5.C18H17N5/c1-5-25(6-2)17-11-12-18-19(13-17)23-21-20(22-18)15(4)24-26(21)16-9-7-14(3)8-10-16;1-4-24(5-2)16-11-12-17-18(13-16)22-20-19(21-17)14(3)23-25(20)15-9-7-6-8-10-15;1-12-5-7-14(8-6-12)24-19-18(13(2)22-24)20-16-10-9-15(23(3)4)11-17(16)21-19;1-12-17-18(23(21-12)13-7-5-4-6-8-13)20-16-11-14(22(2)3)9-10-15(16)19-17/h7-13H,5-6H2,1-4H3;6-13H,4-5H2,1-3H3;5-11H,1-4H3;4-11H,1-3H3. The average molecular weight is 1300 g/mol. The molecular weight excluding hydrogens is 1220 g/mol. The molecule has 16 aromatic rings. The lowest BCUT2D eigenvalue weighted by atomic mass is 10.2. The molecule has 0 bridgehead atoms. The van der Waals surface area contributed by atoms with Crippen molar-refractivity contribution in [2.45, 2.75) is 69.2 Å². The van der Waals surface area contributed by atoms with E-state index in [-0.39, 0.29) is 0 Å². The van der Waals surface area contributed by atoms with E-state index in [0.29, 0.717) is 0 Å². The third-order valence-electron chi connectivity index (χ3n) is 17.5. The summed E-state index contributed by atoms with van der Waals surface area (Å²) in [5, 5.41) is 18.6. The molecule has 16 rings (SSSR count). The number of benzene rings is 8. The minimum Gasteiger partial charge on any atom is -0.378 e. The Morgan fingerprint density at radius 1 is 0.265 bits per heavy atom. The van der Waals surface area contributed by atoms with Crippen molar-refractivity contribution in [1.82, 2.24) is 79.0 Å². The zero-order valence-corrected chi connectivity index (χ0v) is 58.1. The summed E-state index contributed by atoms with van der Waals surface area (Å²) in [4.78, 5) is 47.4. The summed E-state index contributed by atoms with van der Waals surface area (Å²) in [5.74, 6) is 0. The summed E-state index contributed by atoms with van der Waals surface area (Å²) < 4.78 is 7.50. The molecule has 0 fully saturated rings. The van der Waals surface area contributed by atoms with Crippen LogP contribution in [0.1, 0.15) is 61.6 Å². The number of aryl methyl sites for hydroxylation is 6. The van der Waals surface area contributed by atoms with Gasteiger partial charge in [0.25, 0.3) is 0 Å². The number of para-hydroxylation sites is 2. The molecule has 0 N–H and O–H groups in total. The molecule has 8 heterocycles. The van der Waals surface area contributed by atoms with Gasteiger partial charge in [-0.2, -0.15) is 20.4 Å². The summed E-state index contributed by atoms with van der Waals surface area (Å²) in [5.41, 5.74) is 28.3. The predicted molar refractivity (Wildman–Crippen MR) is 401 cm³/mol. The molecule has 20 heteroatoms. The second-order valence-corrected chi connectivity index (χ2v) is 24.7. The van der Waals surface area contributed by atoms with E-state index in [2.05, 4.69) is 191 Å². The van der Waals surface area contributed by atoms with Crippen molar-refractivity contribution < 1.29 is 0 Å². The highest BCUT2D eigenvalue weighted by Gasteiger charge is 2.19. The summed E-state index contributed by atoms with van der Waals surface area (Å²) in [7, 11) is 8.08. The fraction of sp³-hybridized carbons (Fsp3) is 0.231. The fourth-order valence-corrected chi connectivity index (χ4v) is 12.0. The summed E-state index contributed by atoms with van der Waals surface area (Å²) in [6.07, 6.45) is 0. The van der Waals surface area contributed by atoms with E-state index in [9.17, 15) is 0 Å². The molecule has 0 radical (unpaired) electrons. The summed E-state index contributed by atoms with van der Waals surface area (Å²) in [6, 6.07) is 61.5. The smallest absolute Gasteiger partial charge is 0.182 e. The van der Waals surface area contributed by atoms with E-state index in [0.717, 1.165) is 172 Å². The van der Waals surface area contributed by atoms with E-state index < -0.39 is 0 Å². The molecule has 8 aromatic carbocycles. The van der Waals surface area contributed by atoms with Crippen molar-refractivity contribution >= 4 is 112 Å². The SMILES string of the molecule is CCN(CC)c1ccc2nc3c(C)nn(-c4ccc(C)cc4)c3nc2c1.CCN(CC)c1ccc2nc3c(C)nn(-c4ccccc4)c3nc2c1.Cc1ccc(-n2nc(C)c3nc4ccc(N(C)C)cc4nc32)cc1.Cc1nn(-c2ccccc2)c2nc3cc(N(C)C)ccc3nc12. The van der Waals surface area contributed by atoms with Crippen LogP contribution in [0.2, 0.25) is 0 Å². The number of hydrogen-bond acceptors (Lipinski definition) is 16. The molecule has 0 atom stereocenters. The van der Waals surface area contributed by atoms with Gasteiger partial charge in [-0.3, -0.25) is 0 Å². The molecule has 492 valence electrons. The molecule has 0 spiro atoms. The van der Waals surface area contributed by atoms with Gasteiger partial charge in [-0.15, -0.1) is 0 Å². The molecule has 0 aliphatic rings. The lowest BCUT2D eigenvalue weighted by molar-refractivity contribution is 0.866. The maximum atomic E-state index is 4.92. The number of nitrogens with zero attached hydrogens (tertiary/aromatic N) is 20. The van der Waals surface area contributed by atoms with Crippen LogP contribution < -0.4 is 19.6 Å². The molecule has 0 aliphatic heterocycles. The molecule has 0 saturated carbocycles. The molecular formula is C78H80N20. The Morgan fingerprint density at radius 2 is 0.510 bits per heavy atom. The van der Waals surface area contributed by atoms with Crippen LogP contribution in [0.25, 0.3) is 112 Å². The molecule has 0 aliphatic carbocycles. The van der Waals surface area contributed by atoms with Gasteiger partial charge in [0, 0.05) is 77.1 Å². The van der Waals surface area contributed by atoms with Gasteiger partial charge in [-0.25, -0.2) is 58.6 Å². The average Bonchev–Trinajstić information content (AvgIpc) is 1.62. The molecule has 0 unspecified atom stereocenters. The van der Waals surface area contributed by atoms with E-state index in [1.165, 1.54) is 22.5 Å². The van der Waals surface area contributed by atoms with Crippen LogP contribution in [0, 0.1) is 41.5 Å². The second kappa shape index (κ2) is 27.5. The molecule has 0 saturated heterocycles. The Balaban J connectivity index is 0.000000118. The first-order chi connectivity index (χ1) is 47.5. The first-order valence-electron chi connectivity index (χ1n) is 33.3. The molecule has 20 nitrogen and oxygen atoms in total. The number of anilines is 4. The van der Waals surface area contributed by atoms with Crippen molar-refractivity contribution in [2.24, 2.45) is 0 Å². The van der Waals surface area contributed by atoms with Gasteiger partial charge in [0.05, 0.1) is 89.7 Å². The number of aromatic nitrogens is 16. The zero-order chi connectivity index (χ0) is 68.5. The zero-order valence-electron chi connectivity index (χ0n) is 58.1. The van der Waals surface area contributed by atoms with Gasteiger partial charge in [0.15, 0.2) is 22.6 Å². The first kappa shape index (κ1) is 64.9. The van der Waals surface area contributed by atoms with Gasteiger partial charge < -0.3 is 19.6 Å². The van der Waals surface area contributed by atoms with Crippen LogP contribution in [0.15, 0.2) is 182 Å². The fourth-order valence-electron chi connectivity index (χ4n) is 12.0. The van der Waals surface area contributed by atoms with Crippen molar-refractivity contribution in [1.29, 1.82) is 0 Å². The van der Waals surface area contributed by atoms with Gasteiger partial charge in [-0.05, 0) is 191 Å². The highest BCUT2D eigenvalue weighted by molar-refractivity contribution is 5.92. The highest BCUT2D eigenvalue weighted by atomic mass is 15.3. The van der Waals surface area contributed by atoms with Crippen molar-refractivity contribution in [2.75, 3.05) is 74.0 Å². The van der Waals surface area contributed by atoms with Crippen LogP contribution >= 0.6 is 0 Å². The van der Waals surface area contributed by atoms with Crippen LogP contribution in [0.3, 0.4) is 0 Å². The van der Waals surface area contributed by atoms with Gasteiger partial charge >= 0.3 is 0 Å². The van der Waals surface area contributed by atoms with Crippen LogP contribution in [0.5, 0.6) is 0 Å². The minimum atomic E-state index is 0.789. The second-order valence-electron chi connectivity index (χ2n) is 24.7. The van der Waals surface area contributed by atoms with Crippen LogP contribution in [-0.2, 0) is 0 Å². The van der Waals surface area contributed by atoms with Crippen molar-refractivity contribution in [3.63, 3.8) is 0 Å². The van der Waals surface area contributed by atoms with Gasteiger partial charge in [0.2, 0.25) is 0 Å². The lowest BCUT2D eigenvalue weighted by Gasteiger charge is -2.21. The summed E-state index contributed by atoms with van der Waals surface area (Å²) in [6.45, 7) is 24.6. The number of rotatable bonds is 12. The monoisotopic (exact) mass is 1300 g/mol. The maximum absolute atomic E-state index is 4.92. The molecule has 0 amide bonds. The normalized spacial score (nSPS) is 11.3. The van der Waals surface area contributed by atoms with E-state index in [1.54, 1.807) is 0 Å². The van der Waals surface area contributed by atoms with Crippen molar-refractivity contribution in [3.8, 4) is 22.7 Å². The number of fused-ring (bicyclic) bond motifs is 8. The minimum absolute atomic E-state index is 0.789. The first-order valence-corrected chi connectivity index (χ1v) is 33.3. The Bertz CT molecular complexity index is 5530. The summed E-state index contributed by atoms with van der Waals surface area (Å²) >= 11 is 0. The lowest BCUT2D eigenvalue weighted by Crippen LogP contribution is -2.21. The third-order valence-corrected chi connectivity index (χ3v) is 17.5. The highest BCUT2D eigenvalue weighted by Crippen LogP contribution is 2.30. The van der Waals surface area contributed by atoms with Crippen LogP contribution in [0.4, 0.5) is 22.7 Å². The Morgan fingerprint density at radius 3 is 0.765 bits per heavy atom. The Labute approximate surface area is 569 Å². The predicted octanol–water partition coefficient (Wildman–Crippen LogP) is 15.5. The topological polar surface area (TPSA) is 187 Å². The molecule has 98 heavy (non-hydrogen) atoms. The van der Waals surface area contributed by atoms with Crippen LogP contribution in [-0.4, -0.2) is 133 Å². The Hall–Kier alpha value is -11.8. The van der Waals surface area contributed by atoms with Gasteiger partial charge in [-0.1, -0.05) is 71.8 Å². The van der Waals surface area contributed by atoms with E-state index in [1.807, 2.05) is 147 Å². The van der Waals surface area contributed by atoms with E-state index in [4.69, 9.17) is 39.9 Å². The quantitative estimate of drug-likeness (QED) is 0.112. The molecule has 8 aromatic heterocycles. The van der Waals surface area contributed by atoms with Crippen molar-refractivity contribution in [3.05, 3.63) is 216 Å². The number of hydrogen-bond donors (Lipinski definition) is 0. The third kappa shape index (κ3) is 12.9. The maximum Gasteiger partial charge on any atom is 0.182 e. The van der Waals surface area contributed by atoms with E-state index >= 15 is 0 Å². The largest absolute Gasteiger partial charge is 0.378 e. The van der Waals surface area contributed by atoms with Gasteiger partial charge in [0.1, 0.15) is 22.1 Å².